The molecule has 0 spiro atoms. The van der Waals surface area contributed by atoms with Crippen molar-refractivity contribution in [3.05, 3.63) is 15.6 Å². The smallest absolute Gasteiger partial charge is 0.347 e. The monoisotopic (exact) mass is 269 g/mol. The Morgan fingerprint density at radius 1 is 1.56 bits per heavy atom. The average molecular weight is 269 g/mol. The molecule has 1 aliphatic rings. The minimum Gasteiger partial charge on any atom is -0.477 e. The number of aromatic nitrogens is 1. The van der Waals surface area contributed by atoms with Crippen LogP contribution in [0.15, 0.2) is 0 Å². The maximum Gasteiger partial charge on any atom is 0.347 e. The Bertz CT molecular complexity index is 468. The summed E-state index contributed by atoms with van der Waals surface area (Å²) in [7, 11) is 0. The van der Waals surface area contributed by atoms with Gasteiger partial charge in [0.15, 0.2) is 0 Å². The summed E-state index contributed by atoms with van der Waals surface area (Å²) in [6.45, 7) is 3.75. The summed E-state index contributed by atoms with van der Waals surface area (Å²) in [5.74, 6) is -0.549. The molecule has 2 heterocycles. The second-order valence-electron chi connectivity index (χ2n) is 4.33. The number of carboxylic acid groups (broad SMARTS) is 1. The summed E-state index contributed by atoms with van der Waals surface area (Å²) in [6.07, 6.45) is 0.517. The van der Waals surface area contributed by atoms with Gasteiger partial charge in [-0.05, 0) is 25.9 Å². The molecule has 2 rings (SSSR count). The highest BCUT2D eigenvalue weighted by molar-refractivity contribution is 7.13. The number of nitrogens with zero attached hydrogens (tertiary/aromatic N) is 1. The van der Waals surface area contributed by atoms with E-state index in [4.69, 9.17) is 5.11 Å². The number of hydrogen-bond donors (Lipinski definition) is 3. The van der Waals surface area contributed by atoms with Gasteiger partial charge in [-0.3, -0.25) is 4.79 Å². The highest BCUT2D eigenvalue weighted by Gasteiger charge is 2.20. The summed E-state index contributed by atoms with van der Waals surface area (Å²) in [5, 5.41) is 15.4. The van der Waals surface area contributed by atoms with Gasteiger partial charge in [0, 0.05) is 6.42 Å². The fraction of sp³-hybridized carbons (Fsp3) is 0.545. The van der Waals surface area contributed by atoms with Crippen molar-refractivity contribution < 1.29 is 14.7 Å². The van der Waals surface area contributed by atoms with Gasteiger partial charge in [0.25, 0.3) is 0 Å². The third-order valence-corrected chi connectivity index (χ3v) is 3.96. The minimum atomic E-state index is -0.969. The summed E-state index contributed by atoms with van der Waals surface area (Å²) in [4.78, 5) is 26.8. The Morgan fingerprint density at radius 2 is 2.28 bits per heavy atom. The van der Waals surface area contributed by atoms with E-state index in [1.54, 1.807) is 6.92 Å². The van der Waals surface area contributed by atoms with Crippen LogP contribution in [0, 0.1) is 12.8 Å². The second kappa shape index (κ2) is 5.45. The number of carboxylic acids is 1. The standard InChI is InChI=1S/C11H15N3O3S/c1-6-10(11(16)17)18-9(14-6)5-13-8(15)2-7-3-12-4-7/h7,12H,2-5H2,1H3,(H,13,15)(H,16,17). The highest BCUT2D eigenvalue weighted by atomic mass is 32.1. The van der Waals surface area contributed by atoms with Crippen LogP contribution in [0.1, 0.15) is 26.8 Å². The van der Waals surface area contributed by atoms with E-state index in [9.17, 15) is 9.59 Å². The number of thiazole rings is 1. The maximum absolute atomic E-state index is 11.6. The lowest BCUT2D eigenvalue weighted by Gasteiger charge is -2.26. The third-order valence-electron chi connectivity index (χ3n) is 2.81. The number of hydrogen-bond acceptors (Lipinski definition) is 5. The summed E-state index contributed by atoms with van der Waals surface area (Å²) in [6, 6.07) is 0. The van der Waals surface area contributed by atoms with E-state index >= 15 is 0 Å². The molecule has 1 amide bonds. The molecule has 0 saturated carbocycles. The van der Waals surface area contributed by atoms with E-state index in [1.165, 1.54) is 0 Å². The van der Waals surface area contributed by atoms with Crippen molar-refractivity contribution in [2.75, 3.05) is 13.1 Å². The molecule has 7 heteroatoms. The van der Waals surface area contributed by atoms with E-state index in [1.807, 2.05) is 0 Å². The number of aryl methyl sites for hydroxylation is 1. The topological polar surface area (TPSA) is 91.3 Å². The Hall–Kier alpha value is -1.47. The lowest BCUT2D eigenvalue weighted by molar-refractivity contribution is -0.122. The second-order valence-corrected chi connectivity index (χ2v) is 5.42. The first kappa shape index (κ1) is 13.0. The average Bonchev–Trinajstić information content (AvgIpc) is 2.62. The third kappa shape index (κ3) is 3.05. The van der Waals surface area contributed by atoms with Crippen LogP contribution in [0.5, 0.6) is 0 Å². The molecular formula is C11H15N3O3S. The van der Waals surface area contributed by atoms with Crippen molar-refractivity contribution in [3.63, 3.8) is 0 Å². The van der Waals surface area contributed by atoms with Crippen molar-refractivity contribution in [2.45, 2.75) is 19.9 Å². The number of nitrogens with one attached hydrogen (secondary N) is 2. The first-order valence-electron chi connectivity index (χ1n) is 5.73. The van der Waals surface area contributed by atoms with Gasteiger partial charge in [-0.25, -0.2) is 9.78 Å². The largest absolute Gasteiger partial charge is 0.477 e. The van der Waals surface area contributed by atoms with Crippen LogP contribution in [0.2, 0.25) is 0 Å². The van der Waals surface area contributed by atoms with Crippen molar-refractivity contribution in [1.29, 1.82) is 0 Å². The molecule has 0 atom stereocenters. The molecule has 3 N–H and O–H groups in total. The Balaban J connectivity index is 1.83. The summed E-state index contributed by atoms with van der Waals surface area (Å²) < 4.78 is 0. The van der Waals surface area contributed by atoms with E-state index in [-0.39, 0.29) is 10.8 Å². The van der Waals surface area contributed by atoms with Gasteiger partial charge in [0.05, 0.1) is 12.2 Å². The molecule has 0 aromatic carbocycles. The van der Waals surface area contributed by atoms with Gasteiger partial charge in [-0.15, -0.1) is 11.3 Å². The molecule has 1 aromatic heterocycles. The molecular weight excluding hydrogens is 254 g/mol. The quantitative estimate of drug-likeness (QED) is 0.718. The molecule has 1 aromatic rings. The number of amides is 1. The number of rotatable bonds is 5. The lowest BCUT2D eigenvalue weighted by atomic mass is 9.99. The van der Waals surface area contributed by atoms with Crippen LogP contribution >= 0.6 is 11.3 Å². The molecule has 1 aliphatic heterocycles. The van der Waals surface area contributed by atoms with Crippen LogP contribution in [-0.2, 0) is 11.3 Å². The van der Waals surface area contributed by atoms with Crippen LogP contribution in [0.25, 0.3) is 0 Å². The number of carbonyl (C=O) groups excluding carboxylic acids is 1. The Morgan fingerprint density at radius 3 is 2.78 bits per heavy atom. The summed E-state index contributed by atoms with van der Waals surface area (Å²) >= 11 is 1.11. The van der Waals surface area contributed by atoms with Gasteiger partial charge in [-0.2, -0.15) is 0 Å². The zero-order valence-corrected chi connectivity index (χ0v) is 10.8. The van der Waals surface area contributed by atoms with Gasteiger partial charge in [0.2, 0.25) is 5.91 Å². The van der Waals surface area contributed by atoms with Crippen molar-refractivity contribution in [3.8, 4) is 0 Å². The maximum atomic E-state index is 11.6. The normalized spacial score (nSPS) is 15.2. The van der Waals surface area contributed by atoms with Crippen LogP contribution in [0.4, 0.5) is 0 Å². The van der Waals surface area contributed by atoms with Crippen molar-refractivity contribution in [2.24, 2.45) is 5.92 Å². The fourth-order valence-electron chi connectivity index (χ4n) is 1.73. The minimum absolute atomic E-state index is 0.00812. The molecule has 1 saturated heterocycles. The molecule has 0 radical (unpaired) electrons. The van der Waals surface area contributed by atoms with Crippen molar-refractivity contribution in [1.82, 2.24) is 15.6 Å². The predicted molar refractivity (Wildman–Crippen MR) is 66.6 cm³/mol. The molecule has 1 fully saturated rings. The highest BCUT2D eigenvalue weighted by Crippen LogP contribution is 2.17. The van der Waals surface area contributed by atoms with Gasteiger partial charge in [-0.1, -0.05) is 0 Å². The zero-order valence-electron chi connectivity index (χ0n) is 10.0. The molecule has 6 nitrogen and oxygen atoms in total. The van der Waals surface area contributed by atoms with Crippen LogP contribution in [-0.4, -0.2) is 35.1 Å². The summed E-state index contributed by atoms with van der Waals surface area (Å²) in [5.41, 5.74) is 0.500. The lowest BCUT2D eigenvalue weighted by Crippen LogP contribution is -2.44. The number of aromatic carboxylic acids is 1. The van der Waals surface area contributed by atoms with E-state index in [2.05, 4.69) is 15.6 Å². The van der Waals surface area contributed by atoms with Gasteiger partial charge >= 0.3 is 5.97 Å². The molecule has 18 heavy (non-hydrogen) atoms. The molecule has 98 valence electrons. The number of carbonyl (C=O) groups is 2. The van der Waals surface area contributed by atoms with E-state index in [0.717, 1.165) is 24.4 Å². The van der Waals surface area contributed by atoms with Crippen LogP contribution in [0.3, 0.4) is 0 Å². The first-order valence-corrected chi connectivity index (χ1v) is 6.55. The van der Waals surface area contributed by atoms with Crippen LogP contribution < -0.4 is 10.6 Å². The van der Waals surface area contributed by atoms with Gasteiger partial charge in [0.1, 0.15) is 9.88 Å². The van der Waals surface area contributed by atoms with Crippen molar-refractivity contribution >= 4 is 23.2 Å². The molecule has 0 bridgehead atoms. The van der Waals surface area contributed by atoms with E-state index < -0.39 is 5.97 Å². The Labute approximate surface area is 108 Å². The fourth-order valence-corrected chi connectivity index (χ4v) is 2.57. The first-order chi connectivity index (χ1) is 8.56. The van der Waals surface area contributed by atoms with E-state index in [0.29, 0.717) is 29.6 Å². The molecule has 0 unspecified atom stereocenters. The van der Waals surface area contributed by atoms with Gasteiger partial charge < -0.3 is 15.7 Å². The zero-order chi connectivity index (χ0) is 13.1. The predicted octanol–water partition coefficient (Wildman–Crippen LogP) is 0.375. The SMILES string of the molecule is Cc1nc(CNC(=O)CC2CNC2)sc1C(=O)O. The Kier molecular flexibility index (Phi) is 3.93. The molecule has 0 aliphatic carbocycles.